The number of rotatable bonds is 5. The molecule has 0 aliphatic carbocycles. The molecule has 8 heteroatoms. The number of carbonyl (C=O) groups excluding carboxylic acids is 2. The monoisotopic (exact) mass is 467 g/mol. The summed E-state index contributed by atoms with van der Waals surface area (Å²) in [5.41, 5.74) is 4.14. The van der Waals surface area contributed by atoms with E-state index in [1.807, 2.05) is 56.3 Å². The number of β-amino-alcohol motifs (C(OH)–C–C–N with tert-alkyl or cyclic N) is 1. The van der Waals surface area contributed by atoms with Gasteiger partial charge in [-0.3, -0.25) is 9.69 Å². The maximum atomic E-state index is 12.9. The molecule has 182 valence electrons. The molecule has 1 N–H and O–H groups in total. The summed E-state index contributed by atoms with van der Waals surface area (Å²) in [5.74, 6) is -0.0691. The minimum Gasteiger partial charge on any atom is -0.446 e. The van der Waals surface area contributed by atoms with Crippen molar-refractivity contribution in [1.82, 2.24) is 4.90 Å². The van der Waals surface area contributed by atoms with Gasteiger partial charge >= 0.3 is 6.09 Å². The van der Waals surface area contributed by atoms with Crippen LogP contribution in [-0.4, -0.2) is 73.7 Å². The predicted octanol–water partition coefficient (Wildman–Crippen LogP) is 3.72. The second-order valence-corrected chi connectivity index (χ2v) is 9.25. The average Bonchev–Trinajstić information content (AvgIpc) is 3.25. The highest BCUT2D eigenvalue weighted by Gasteiger charge is 2.33. The summed E-state index contributed by atoms with van der Waals surface area (Å²) in [6.07, 6.45) is -0.406. The molecule has 2 heterocycles. The average molecular weight is 468 g/mol. The lowest BCUT2D eigenvalue weighted by Crippen LogP contribution is -2.50. The Morgan fingerprint density at radius 3 is 2.38 bits per heavy atom. The number of benzene rings is 2. The van der Waals surface area contributed by atoms with Gasteiger partial charge in [0.15, 0.2) is 0 Å². The third kappa shape index (κ3) is 4.88. The van der Waals surface area contributed by atoms with Gasteiger partial charge in [-0.05, 0) is 62.6 Å². The minimum absolute atomic E-state index is 0.0624. The molecule has 4 rings (SSSR count). The fourth-order valence-corrected chi connectivity index (χ4v) is 4.55. The van der Waals surface area contributed by atoms with Crippen molar-refractivity contribution in [1.29, 1.82) is 0 Å². The van der Waals surface area contributed by atoms with E-state index in [0.717, 1.165) is 22.5 Å². The molecule has 2 aliphatic heterocycles. The highest BCUT2D eigenvalue weighted by molar-refractivity contribution is 5.97. The normalized spacial score (nSPS) is 20.0. The number of aliphatic hydroxyl groups is 1. The second-order valence-electron chi connectivity index (χ2n) is 9.25. The van der Waals surface area contributed by atoms with Crippen LogP contribution in [0.3, 0.4) is 0 Å². The van der Waals surface area contributed by atoms with Crippen LogP contribution in [0.2, 0.25) is 0 Å². The van der Waals surface area contributed by atoms with Crippen LogP contribution in [-0.2, 0) is 9.47 Å². The first-order valence-electron chi connectivity index (χ1n) is 11.7. The quantitative estimate of drug-likeness (QED) is 0.722. The number of hydrogen-bond acceptors (Lipinski definition) is 6. The van der Waals surface area contributed by atoms with Gasteiger partial charge in [0.25, 0.3) is 5.91 Å². The fourth-order valence-electron chi connectivity index (χ4n) is 4.55. The zero-order chi connectivity index (χ0) is 24.4. The Labute approximate surface area is 200 Å². The Morgan fingerprint density at radius 2 is 1.76 bits per heavy atom. The van der Waals surface area contributed by atoms with Crippen LogP contribution in [0.1, 0.15) is 37.6 Å². The van der Waals surface area contributed by atoms with Crippen LogP contribution in [0.25, 0.3) is 11.1 Å². The Hall–Kier alpha value is -3.10. The predicted molar refractivity (Wildman–Crippen MR) is 131 cm³/mol. The third-order valence-corrected chi connectivity index (χ3v) is 6.30. The summed E-state index contributed by atoms with van der Waals surface area (Å²) < 4.78 is 10.9. The highest BCUT2D eigenvalue weighted by atomic mass is 16.6. The summed E-state index contributed by atoms with van der Waals surface area (Å²) in [6, 6.07) is 13.5. The molecule has 34 heavy (non-hydrogen) atoms. The smallest absolute Gasteiger partial charge is 0.414 e. The van der Waals surface area contributed by atoms with Crippen molar-refractivity contribution in [3.8, 4) is 11.1 Å². The van der Waals surface area contributed by atoms with Crippen molar-refractivity contribution < 1.29 is 24.2 Å². The summed E-state index contributed by atoms with van der Waals surface area (Å²) in [7, 11) is 1.66. The molecule has 2 aromatic rings. The first kappa shape index (κ1) is 24.0. The van der Waals surface area contributed by atoms with E-state index in [1.165, 1.54) is 0 Å². The number of amides is 2. The molecule has 0 bridgehead atoms. The van der Waals surface area contributed by atoms with E-state index in [4.69, 9.17) is 9.47 Å². The molecule has 8 nitrogen and oxygen atoms in total. The molecule has 0 spiro atoms. The maximum absolute atomic E-state index is 12.9. The minimum atomic E-state index is -0.440. The Bertz CT molecular complexity index is 1040. The van der Waals surface area contributed by atoms with E-state index >= 15 is 0 Å². The van der Waals surface area contributed by atoms with Gasteiger partial charge in [-0.1, -0.05) is 18.2 Å². The van der Waals surface area contributed by atoms with Crippen LogP contribution >= 0.6 is 0 Å². The number of methoxy groups -OCH3 is 1. The standard InChI is InChI=1S/C26H33N3O5/c1-17(2)34-26(32)28-14-18(3)29(16-33-4)23-10-9-21(13-24(23)28)19-5-7-20(8-6-19)25(31)27-12-11-22(30)15-27/h5-10,13,17-18,22,30H,11-12,14-16H2,1-4H3/t18-,22-/m0/s1. The van der Waals surface area contributed by atoms with Gasteiger partial charge in [-0.15, -0.1) is 0 Å². The van der Waals surface area contributed by atoms with Gasteiger partial charge in [0.2, 0.25) is 0 Å². The SMILES string of the molecule is COCN1c2ccc(-c3ccc(C(=O)N4CC[C@H](O)C4)cc3)cc2N(C(=O)OC(C)C)C[C@@H]1C. The van der Waals surface area contributed by atoms with Crippen LogP contribution in [0.5, 0.6) is 0 Å². The second kappa shape index (κ2) is 10.0. The van der Waals surface area contributed by atoms with E-state index in [2.05, 4.69) is 11.8 Å². The number of aliphatic hydroxyl groups excluding tert-OH is 1. The van der Waals surface area contributed by atoms with Gasteiger partial charge < -0.3 is 24.4 Å². The third-order valence-electron chi connectivity index (χ3n) is 6.30. The fraction of sp³-hybridized carbons (Fsp3) is 0.462. The van der Waals surface area contributed by atoms with Gasteiger partial charge in [0.05, 0.1) is 23.6 Å². The summed E-state index contributed by atoms with van der Waals surface area (Å²) >= 11 is 0. The number of fused-ring (bicyclic) bond motifs is 1. The molecular formula is C26H33N3O5. The molecule has 2 aromatic carbocycles. The molecule has 1 fully saturated rings. The number of ether oxygens (including phenoxy) is 2. The highest BCUT2D eigenvalue weighted by Crippen LogP contribution is 2.39. The van der Waals surface area contributed by atoms with Crippen molar-refractivity contribution in [2.75, 3.05) is 43.3 Å². The molecule has 0 radical (unpaired) electrons. The number of nitrogens with zero attached hydrogens (tertiary/aromatic N) is 3. The first-order chi connectivity index (χ1) is 16.3. The zero-order valence-corrected chi connectivity index (χ0v) is 20.2. The van der Waals surface area contributed by atoms with Crippen molar-refractivity contribution in [3.63, 3.8) is 0 Å². The topological polar surface area (TPSA) is 82.6 Å². The van der Waals surface area contributed by atoms with Crippen molar-refractivity contribution in [2.24, 2.45) is 0 Å². The summed E-state index contributed by atoms with van der Waals surface area (Å²) in [4.78, 5) is 31.1. The van der Waals surface area contributed by atoms with Gasteiger partial charge in [0.1, 0.15) is 6.73 Å². The molecule has 0 aromatic heterocycles. The Morgan fingerprint density at radius 1 is 1.06 bits per heavy atom. The molecule has 2 atom stereocenters. The molecule has 2 amide bonds. The first-order valence-corrected chi connectivity index (χ1v) is 11.7. The Balaban J connectivity index is 1.64. The van der Waals surface area contributed by atoms with E-state index < -0.39 is 6.10 Å². The Kier molecular flexibility index (Phi) is 7.09. The van der Waals surface area contributed by atoms with Crippen molar-refractivity contribution in [3.05, 3.63) is 48.0 Å². The lowest BCUT2D eigenvalue weighted by molar-refractivity contribution is 0.0765. The van der Waals surface area contributed by atoms with E-state index in [0.29, 0.717) is 38.3 Å². The molecule has 1 saturated heterocycles. The van der Waals surface area contributed by atoms with E-state index in [9.17, 15) is 14.7 Å². The molecule has 0 unspecified atom stereocenters. The molecule has 0 saturated carbocycles. The number of hydrogen-bond donors (Lipinski definition) is 1. The lowest BCUT2D eigenvalue weighted by atomic mass is 10.00. The number of likely N-dealkylation sites (tertiary alicyclic amines) is 1. The zero-order valence-electron chi connectivity index (χ0n) is 20.2. The van der Waals surface area contributed by atoms with Gasteiger partial charge in [-0.2, -0.15) is 0 Å². The summed E-state index contributed by atoms with van der Waals surface area (Å²) in [6.45, 7) is 7.59. The van der Waals surface area contributed by atoms with Gasteiger partial charge in [-0.25, -0.2) is 4.79 Å². The lowest BCUT2D eigenvalue weighted by Gasteiger charge is -2.41. The number of carbonyl (C=O) groups is 2. The van der Waals surface area contributed by atoms with E-state index in [1.54, 1.807) is 16.9 Å². The summed E-state index contributed by atoms with van der Waals surface area (Å²) in [5, 5.41) is 9.72. The van der Waals surface area contributed by atoms with Crippen molar-refractivity contribution in [2.45, 2.75) is 45.4 Å². The van der Waals surface area contributed by atoms with E-state index in [-0.39, 0.29) is 24.1 Å². The van der Waals surface area contributed by atoms with Crippen LogP contribution in [0.15, 0.2) is 42.5 Å². The van der Waals surface area contributed by atoms with Gasteiger partial charge in [0, 0.05) is 38.3 Å². The van der Waals surface area contributed by atoms with Crippen LogP contribution in [0.4, 0.5) is 16.2 Å². The molecule has 2 aliphatic rings. The molecular weight excluding hydrogens is 434 g/mol. The van der Waals surface area contributed by atoms with Crippen LogP contribution < -0.4 is 9.80 Å². The van der Waals surface area contributed by atoms with Crippen LogP contribution in [0, 0.1) is 0 Å². The largest absolute Gasteiger partial charge is 0.446 e. The maximum Gasteiger partial charge on any atom is 0.414 e. The number of anilines is 2. The van der Waals surface area contributed by atoms with Crippen molar-refractivity contribution >= 4 is 23.4 Å².